The van der Waals surface area contributed by atoms with Gasteiger partial charge in [-0.25, -0.2) is 15.0 Å². The Balaban J connectivity index is 1.05. The van der Waals surface area contributed by atoms with Crippen LogP contribution in [-0.2, 0) is 0 Å². The van der Waals surface area contributed by atoms with Crippen LogP contribution in [0.3, 0.4) is 0 Å². The molecular formula is C63H40N4S. The van der Waals surface area contributed by atoms with Gasteiger partial charge >= 0.3 is 0 Å². The summed E-state index contributed by atoms with van der Waals surface area (Å²) in [5.74, 6) is 1.87. The first-order chi connectivity index (χ1) is 33.7. The van der Waals surface area contributed by atoms with Crippen molar-refractivity contribution >= 4 is 53.3 Å². The molecule has 0 aliphatic carbocycles. The van der Waals surface area contributed by atoms with Crippen molar-refractivity contribution < 1.29 is 0 Å². The zero-order valence-electron chi connectivity index (χ0n) is 36.8. The maximum Gasteiger partial charge on any atom is 0.164 e. The van der Waals surface area contributed by atoms with Gasteiger partial charge in [0.05, 0.1) is 11.0 Å². The normalized spacial score (nSPS) is 11.5. The van der Waals surface area contributed by atoms with Crippen molar-refractivity contribution in [3.63, 3.8) is 0 Å². The van der Waals surface area contributed by atoms with Crippen LogP contribution in [0.4, 0.5) is 0 Å². The van der Waals surface area contributed by atoms with Gasteiger partial charge in [-0.3, -0.25) is 0 Å². The number of benzene rings is 10. The van der Waals surface area contributed by atoms with Crippen LogP contribution in [0.1, 0.15) is 0 Å². The predicted octanol–water partition coefficient (Wildman–Crippen LogP) is 17.0. The van der Waals surface area contributed by atoms with Crippen LogP contribution in [0.2, 0.25) is 0 Å². The summed E-state index contributed by atoms with van der Waals surface area (Å²) >= 11 is 1.84. The van der Waals surface area contributed by atoms with Gasteiger partial charge in [-0.1, -0.05) is 188 Å². The lowest BCUT2D eigenvalue weighted by Gasteiger charge is -2.16. The second kappa shape index (κ2) is 16.6. The number of thiophene rings is 1. The summed E-state index contributed by atoms with van der Waals surface area (Å²) in [6.07, 6.45) is 0. The van der Waals surface area contributed by atoms with E-state index < -0.39 is 0 Å². The number of nitrogens with zero attached hydrogens (tertiary/aromatic N) is 4. The van der Waals surface area contributed by atoms with E-state index in [1.807, 2.05) is 47.7 Å². The zero-order valence-corrected chi connectivity index (χ0v) is 37.6. The molecule has 0 N–H and O–H groups in total. The first kappa shape index (κ1) is 39.6. The Kier molecular flexibility index (Phi) is 9.66. The van der Waals surface area contributed by atoms with Crippen LogP contribution in [0, 0.1) is 0 Å². The number of aromatic nitrogens is 4. The maximum absolute atomic E-state index is 5.32. The molecule has 0 saturated carbocycles. The van der Waals surface area contributed by atoms with Crippen molar-refractivity contribution in [3.8, 4) is 84.4 Å². The molecule has 3 aromatic heterocycles. The molecule has 4 nitrogen and oxygen atoms in total. The van der Waals surface area contributed by atoms with Crippen molar-refractivity contribution in [1.29, 1.82) is 0 Å². The summed E-state index contributed by atoms with van der Waals surface area (Å²) in [5.41, 5.74) is 15.3. The monoisotopic (exact) mass is 884 g/mol. The van der Waals surface area contributed by atoms with E-state index in [4.69, 9.17) is 15.0 Å². The van der Waals surface area contributed by atoms with E-state index in [1.165, 1.54) is 53.1 Å². The van der Waals surface area contributed by atoms with E-state index >= 15 is 0 Å². The molecular weight excluding hydrogens is 845 g/mol. The van der Waals surface area contributed by atoms with Crippen molar-refractivity contribution in [2.45, 2.75) is 0 Å². The van der Waals surface area contributed by atoms with Crippen LogP contribution in [0.25, 0.3) is 126 Å². The Morgan fingerprint density at radius 1 is 0.294 bits per heavy atom. The molecule has 0 unspecified atom stereocenters. The van der Waals surface area contributed by atoms with Gasteiger partial charge in [-0.05, 0) is 99.1 Å². The van der Waals surface area contributed by atoms with E-state index in [1.54, 1.807) is 0 Å². The molecule has 0 bridgehead atoms. The lowest BCUT2D eigenvalue weighted by atomic mass is 9.90. The minimum Gasteiger partial charge on any atom is -0.309 e. The van der Waals surface area contributed by atoms with Crippen molar-refractivity contribution in [3.05, 3.63) is 243 Å². The highest BCUT2D eigenvalue weighted by Crippen LogP contribution is 2.45. The molecule has 10 aromatic carbocycles. The van der Waals surface area contributed by atoms with E-state index in [2.05, 4.69) is 211 Å². The minimum absolute atomic E-state index is 0.613. The summed E-state index contributed by atoms with van der Waals surface area (Å²) in [7, 11) is 0. The number of rotatable bonds is 8. The topological polar surface area (TPSA) is 43.6 Å². The molecule has 5 heteroatoms. The van der Waals surface area contributed by atoms with Gasteiger partial charge in [0, 0.05) is 53.3 Å². The largest absolute Gasteiger partial charge is 0.309 e. The summed E-state index contributed by atoms with van der Waals surface area (Å²) in [5, 5.41) is 5.01. The first-order valence-corrected chi connectivity index (χ1v) is 23.7. The molecule has 3 heterocycles. The lowest BCUT2D eigenvalue weighted by molar-refractivity contribution is 1.07. The Labute approximate surface area is 397 Å². The molecule has 0 aliphatic rings. The molecule has 0 spiro atoms. The smallest absolute Gasteiger partial charge is 0.164 e. The summed E-state index contributed by atoms with van der Waals surface area (Å²) in [6, 6.07) is 86.5. The minimum atomic E-state index is 0.613. The lowest BCUT2D eigenvalue weighted by Crippen LogP contribution is -2.01. The van der Waals surface area contributed by atoms with Crippen LogP contribution >= 0.6 is 11.3 Å². The van der Waals surface area contributed by atoms with Gasteiger partial charge in [0.2, 0.25) is 0 Å². The van der Waals surface area contributed by atoms with Gasteiger partial charge in [-0.15, -0.1) is 11.3 Å². The third-order valence-corrected chi connectivity index (χ3v) is 14.2. The Hall–Kier alpha value is -8.77. The van der Waals surface area contributed by atoms with E-state index in [9.17, 15) is 0 Å². The van der Waals surface area contributed by atoms with E-state index in [0.717, 1.165) is 55.8 Å². The van der Waals surface area contributed by atoms with E-state index in [0.29, 0.717) is 17.5 Å². The zero-order chi connectivity index (χ0) is 45.0. The van der Waals surface area contributed by atoms with E-state index in [-0.39, 0.29) is 0 Å². The summed E-state index contributed by atoms with van der Waals surface area (Å²) < 4.78 is 4.92. The van der Waals surface area contributed by atoms with Gasteiger partial charge in [0.15, 0.2) is 17.5 Å². The fraction of sp³-hybridized carbons (Fsp3) is 0. The van der Waals surface area contributed by atoms with Gasteiger partial charge < -0.3 is 4.57 Å². The molecule has 0 saturated heterocycles. The Morgan fingerprint density at radius 3 is 1.41 bits per heavy atom. The Bertz CT molecular complexity index is 3880. The molecule has 318 valence electrons. The third kappa shape index (κ3) is 6.96. The van der Waals surface area contributed by atoms with Crippen molar-refractivity contribution in [1.82, 2.24) is 19.5 Å². The summed E-state index contributed by atoms with van der Waals surface area (Å²) in [6.45, 7) is 0. The number of hydrogen-bond acceptors (Lipinski definition) is 4. The van der Waals surface area contributed by atoms with Crippen LogP contribution in [0.15, 0.2) is 243 Å². The highest BCUT2D eigenvalue weighted by Gasteiger charge is 2.21. The summed E-state index contributed by atoms with van der Waals surface area (Å²) in [4.78, 5) is 15.7. The highest BCUT2D eigenvalue weighted by atomic mass is 32.1. The predicted molar refractivity (Wildman–Crippen MR) is 285 cm³/mol. The number of hydrogen-bond donors (Lipinski definition) is 0. The molecule has 0 fully saturated rings. The van der Waals surface area contributed by atoms with Crippen LogP contribution in [-0.4, -0.2) is 19.5 Å². The Morgan fingerprint density at radius 2 is 0.794 bits per heavy atom. The van der Waals surface area contributed by atoms with Gasteiger partial charge in [0.1, 0.15) is 0 Å². The van der Waals surface area contributed by atoms with Gasteiger partial charge in [0.25, 0.3) is 0 Å². The third-order valence-electron chi connectivity index (χ3n) is 13.0. The maximum atomic E-state index is 5.32. The standard InChI is InChI=1S/C63H40N4S/c1-6-18-41(19-7-1)47-36-48(42-20-8-2-9-21-42)38-49(37-47)45-30-32-51(55(39-45)63-65-61(43-22-10-3-11-23-43)64-62(66-63)44-24-12-4-13-25-44)46-31-33-54-58(40-46)68-57-35-34-53-52-28-16-17-29-56(52)67(60(53)59(54)57)50-26-14-5-15-27-50/h1-40H. The second-order valence-electron chi connectivity index (χ2n) is 17.2. The van der Waals surface area contributed by atoms with Crippen molar-refractivity contribution in [2.24, 2.45) is 0 Å². The first-order valence-electron chi connectivity index (χ1n) is 22.9. The molecule has 0 radical (unpaired) electrons. The molecule has 0 aliphatic heterocycles. The fourth-order valence-electron chi connectivity index (χ4n) is 9.81. The average Bonchev–Trinajstić information content (AvgIpc) is 3.97. The van der Waals surface area contributed by atoms with Crippen LogP contribution in [0.5, 0.6) is 0 Å². The molecule has 0 amide bonds. The van der Waals surface area contributed by atoms with Gasteiger partial charge in [-0.2, -0.15) is 0 Å². The number of para-hydroxylation sites is 2. The SMILES string of the molecule is c1ccc(-c2cc(-c3ccccc3)cc(-c3ccc(-c4ccc5c(c4)sc4ccc6c7ccccc7n(-c7ccccc7)c6c45)c(-c4nc(-c5ccccc5)nc(-c5ccccc5)n4)c3)c2)cc1. The molecule has 68 heavy (non-hydrogen) atoms. The number of fused-ring (bicyclic) bond motifs is 7. The van der Waals surface area contributed by atoms with Crippen molar-refractivity contribution in [2.75, 3.05) is 0 Å². The quantitative estimate of drug-likeness (QED) is 0.153. The fourth-order valence-corrected chi connectivity index (χ4v) is 11.0. The molecule has 0 atom stereocenters. The van der Waals surface area contributed by atoms with Crippen LogP contribution < -0.4 is 0 Å². The highest BCUT2D eigenvalue weighted by molar-refractivity contribution is 7.26. The second-order valence-corrected chi connectivity index (χ2v) is 18.2. The molecule has 13 rings (SSSR count). The molecule has 13 aromatic rings. The average molecular weight is 885 g/mol.